The number of morpholine rings is 1. The third kappa shape index (κ3) is 3.72. The molecule has 1 N–H and O–H groups in total. The van der Waals surface area contributed by atoms with Crippen LogP contribution in [0.3, 0.4) is 0 Å². The van der Waals surface area contributed by atoms with Gasteiger partial charge in [-0.05, 0) is 24.1 Å². The van der Waals surface area contributed by atoms with Crippen molar-refractivity contribution in [2.24, 2.45) is 5.92 Å². The molecule has 0 saturated carbocycles. The Labute approximate surface area is 153 Å². The van der Waals surface area contributed by atoms with Gasteiger partial charge in [-0.15, -0.1) is 0 Å². The molecule has 3 heterocycles. The Morgan fingerprint density at radius 2 is 2.00 bits per heavy atom. The zero-order valence-electron chi connectivity index (χ0n) is 14.9. The standard InChI is InChI=1S/C20H25N3O3/c24-19-13-22(14-20(25)23-7-9-26-10-8-23)12-16(19)11-15-5-6-21-18-4-2-1-3-17(15)18/h1-6,16,19,24H,7-14H2/t16-,19+/m1/s1. The van der Waals surface area contributed by atoms with Crippen LogP contribution in [-0.2, 0) is 16.0 Å². The number of benzene rings is 1. The summed E-state index contributed by atoms with van der Waals surface area (Å²) in [5.74, 6) is 0.272. The van der Waals surface area contributed by atoms with E-state index in [2.05, 4.69) is 16.0 Å². The van der Waals surface area contributed by atoms with Crippen molar-refractivity contribution in [3.05, 3.63) is 42.1 Å². The van der Waals surface area contributed by atoms with Crippen LogP contribution in [0.2, 0.25) is 0 Å². The predicted octanol–water partition coefficient (Wildman–Crippen LogP) is 0.929. The molecule has 0 aliphatic carbocycles. The summed E-state index contributed by atoms with van der Waals surface area (Å²) in [4.78, 5) is 20.8. The van der Waals surface area contributed by atoms with E-state index < -0.39 is 6.10 Å². The molecule has 2 saturated heterocycles. The van der Waals surface area contributed by atoms with Crippen LogP contribution in [0.4, 0.5) is 0 Å². The molecule has 6 heteroatoms. The van der Waals surface area contributed by atoms with Gasteiger partial charge in [-0.3, -0.25) is 14.7 Å². The molecule has 1 aromatic heterocycles. The highest BCUT2D eigenvalue weighted by Crippen LogP contribution is 2.25. The number of ether oxygens (including phenoxy) is 1. The van der Waals surface area contributed by atoms with E-state index >= 15 is 0 Å². The first-order chi connectivity index (χ1) is 12.7. The first-order valence-electron chi connectivity index (χ1n) is 9.29. The van der Waals surface area contributed by atoms with Crippen LogP contribution in [0, 0.1) is 5.92 Å². The minimum absolute atomic E-state index is 0.135. The van der Waals surface area contributed by atoms with Crippen LogP contribution in [0.5, 0.6) is 0 Å². The summed E-state index contributed by atoms with van der Waals surface area (Å²) in [5.41, 5.74) is 2.19. The third-order valence-corrected chi connectivity index (χ3v) is 5.43. The molecule has 26 heavy (non-hydrogen) atoms. The Morgan fingerprint density at radius 1 is 1.19 bits per heavy atom. The zero-order chi connectivity index (χ0) is 17.9. The van der Waals surface area contributed by atoms with Crippen molar-refractivity contribution in [3.63, 3.8) is 0 Å². The van der Waals surface area contributed by atoms with Gasteiger partial charge in [0.15, 0.2) is 0 Å². The lowest BCUT2D eigenvalue weighted by Crippen LogP contribution is -2.45. The van der Waals surface area contributed by atoms with Crippen LogP contribution in [-0.4, -0.2) is 77.8 Å². The summed E-state index contributed by atoms with van der Waals surface area (Å²) in [6.45, 7) is 4.25. The molecule has 2 atom stereocenters. The van der Waals surface area contributed by atoms with E-state index in [1.807, 2.05) is 35.4 Å². The molecule has 2 aliphatic rings. The van der Waals surface area contributed by atoms with Gasteiger partial charge in [0, 0.05) is 43.7 Å². The Morgan fingerprint density at radius 3 is 2.85 bits per heavy atom. The fourth-order valence-electron chi connectivity index (χ4n) is 3.99. The number of para-hydroxylation sites is 1. The smallest absolute Gasteiger partial charge is 0.236 e. The van der Waals surface area contributed by atoms with Crippen molar-refractivity contribution < 1.29 is 14.6 Å². The number of likely N-dealkylation sites (tertiary alicyclic amines) is 1. The Kier molecular flexibility index (Phi) is 5.15. The third-order valence-electron chi connectivity index (χ3n) is 5.43. The molecule has 4 rings (SSSR count). The van der Waals surface area contributed by atoms with E-state index in [0.717, 1.165) is 23.9 Å². The monoisotopic (exact) mass is 355 g/mol. The number of aliphatic hydroxyl groups is 1. The first-order valence-corrected chi connectivity index (χ1v) is 9.29. The van der Waals surface area contributed by atoms with Gasteiger partial charge in [-0.2, -0.15) is 0 Å². The largest absolute Gasteiger partial charge is 0.391 e. The van der Waals surface area contributed by atoms with Crippen LogP contribution in [0.15, 0.2) is 36.5 Å². The van der Waals surface area contributed by atoms with Gasteiger partial charge < -0.3 is 14.7 Å². The van der Waals surface area contributed by atoms with Crippen molar-refractivity contribution in [1.29, 1.82) is 0 Å². The number of β-amino-alcohol motifs (C(OH)–C–C–N with tert-alkyl or cyclic N) is 1. The summed E-state index contributed by atoms with van der Waals surface area (Å²) in [7, 11) is 0. The molecular formula is C20H25N3O3. The van der Waals surface area contributed by atoms with Gasteiger partial charge in [-0.25, -0.2) is 0 Å². The van der Waals surface area contributed by atoms with Crippen molar-refractivity contribution in [1.82, 2.24) is 14.8 Å². The van der Waals surface area contributed by atoms with Crippen LogP contribution in [0.1, 0.15) is 5.56 Å². The highest BCUT2D eigenvalue weighted by molar-refractivity contribution is 5.82. The highest BCUT2D eigenvalue weighted by Gasteiger charge is 2.33. The second kappa shape index (κ2) is 7.70. The normalized spacial score (nSPS) is 24.3. The van der Waals surface area contributed by atoms with Crippen molar-refractivity contribution in [3.8, 4) is 0 Å². The van der Waals surface area contributed by atoms with Crippen LogP contribution >= 0.6 is 0 Å². The fraction of sp³-hybridized carbons (Fsp3) is 0.500. The number of carbonyl (C=O) groups excluding carboxylic acids is 1. The second-order valence-corrected chi connectivity index (χ2v) is 7.21. The molecule has 2 fully saturated rings. The average Bonchev–Trinajstić information content (AvgIpc) is 3.01. The minimum Gasteiger partial charge on any atom is -0.391 e. The number of hydrogen-bond acceptors (Lipinski definition) is 5. The summed E-state index contributed by atoms with van der Waals surface area (Å²) >= 11 is 0. The quantitative estimate of drug-likeness (QED) is 0.884. The van der Waals surface area contributed by atoms with Crippen molar-refractivity contribution in [2.75, 3.05) is 45.9 Å². The summed E-state index contributed by atoms with van der Waals surface area (Å²) < 4.78 is 5.30. The number of fused-ring (bicyclic) bond motifs is 1. The number of carbonyl (C=O) groups is 1. The SMILES string of the molecule is O=C(CN1C[C@@H](Cc2ccnc3ccccc23)[C@@H](O)C1)N1CCOCC1. The Balaban J connectivity index is 1.40. The van der Waals surface area contributed by atoms with E-state index in [0.29, 0.717) is 39.4 Å². The number of aliphatic hydroxyl groups excluding tert-OH is 1. The number of amides is 1. The molecule has 138 valence electrons. The summed E-state index contributed by atoms with van der Waals surface area (Å²) in [6, 6.07) is 10.1. The predicted molar refractivity (Wildman–Crippen MR) is 98.8 cm³/mol. The molecule has 6 nitrogen and oxygen atoms in total. The number of pyridine rings is 1. The molecule has 0 radical (unpaired) electrons. The van der Waals surface area contributed by atoms with Crippen LogP contribution in [0.25, 0.3) is 10.9 Å². The second-order valence-electron chi connectivity index (χ2n) is 7.21. The lowest BCUT2D eigenvalue weighted by molar-refractivity contribution is -0.136. The fourth-order valence-corrected chi connectivity index (χ4v) is 3.99. The van der Waals surface area contributed by atoms with Crippen molar-refractivity contribution >= 4 is 16.8 Å². The van der Waals surface area contributed by atoms with Gasteiger partial charge in [-0.1, -0.05) is 18.2 Å². The molecule has 2 aromatic rings. The Hall–Kier alpha value is -2.02. The number of aromatic nitrogens is 1. The maximum atomic E-state index is 12.4. The maximum Gasteiger partial charge on any atom is 0.236 e. The molecule has 1 aromatic carbocycles. The molecule has 0 bridgehead atoms. The average molecular weight is 355 g/mol. The van der Waals surface area contributed by atoms with E-state index in [1.165, 1.54) is 5.56 Å². The van der Waals surface area contributed by atoms with E-state index in [4.69, 9.17) is 4.74 Å². The lowest BCUT2D eigenvalue weighted by atomic mass is 9.94. The molecule has 2 aliphatic heterocycles. The summed E-state index contributed by atoms with van der Waals surface area (Å²) in [5, 5.41) is 11.7. The van der Waals surface area contributed by atoms with E-state index in [9.17, 15) is 9.90 Å². The summed E-state index contributed by atoms with van der Waals surface area (Å²) in [6.07, 6.45) is 2.23. The van der Waals surface area contributed by atoms with Crippen molar-refractivity contribution in [2.45, 2.75) is 12.5 Å². The molecule has 0 spiro atoms. The van der Waals surface area contributed by atoms with E-state index in [-0.39, 0.29) is 11.8 Å². The number of rotatable bonds is 4. The molecular weight excluding hydrogens is 330 g/mol. The van der Waals surface area contributed by atoms with Gasteiger partial charge in [0.05, 0.1) is 31.4 Å². The Bertz CT molecular complexity index is 770. The number of hydrogen-bond donors (Lipinski definition) is 1. The van der Waals surface area contributed by atoms with Gasteiger partial charge in [0.2, 0.25) is 5.91 Å². The van der Waals surface area contributed by atoms with Gasteiger partial charge in [0.1, 0.15) is 0 Å². The van der Waals surface area contributed by atoms with Crippen LogP contribution < -0.4 is 0 Å². The van der Waals surface area contributed by atoms with Gasteiger partial charge >= 0.3 is 0 Å². The molecule has 1 amide bonds. The maximum absolute atomic E-state index is 12.4. The highest BCUT2D eigenvalue weighted by atomic mass is 16.5. The van der Waals surface area contributed by atoms with E-state index in [1.54, 1.807) is 0 Å². The van der Waals surface area contributed by atoms with Gasteiger partial charge in [0.25, 0.3) is 0 Å². The zero-order valence-corrected chi connectivity index (χ0v) is 14.9. The number of nitrogens with zero attached hydrogens (tertiary/aromatic N) is 3. The first kappa shape index (κ1) is 17.4. The minimum atomic E-state index is -0.403. The topological polar surface area (TPSA) is 65.9 Å². The lowest BCUT2D eigenvalue weighted by Gasteiger charge is -2.28. The molecule has 0 unspecified atom stereocenters.